The van der Waals surface area contributed by atoms with Crippen LogP contribution in [0.1, 0.15) is 18.5 Å². The molecular weight excluding hydrogens is 285 g/mol. The van der Waals surface area contributed by atoms with E-state index in [1.165, 1.54) is 12.1 Å². The zero-order valence-electron chi connectivity index (χ0n) is 13.2. The minimum absolute atomic E-state index is 0.311. The molecule has 0 spiro atoms. The van der Waals surface area contributed by atoms with Gasteiger partial charge < -0.3 is 10.5 Å². The Morgan fingerprint density at radius 2 is 2.09 bits per heavy atom. The Morgan fingerprint density at radius 1 is 1.41 bits per heavy atom. The number of amides is 1. The van der Waals surface area contributed by atoms with Gasteiger partial charge in [-0.2, -0.15) is 0 Å². The van der Waals surface area contributed by atoms with Crippen molar-refractivity contribution in [3.63, 3.8) is 0 Å². The number of nitrogens with zero attached hydrogens (tertiary/aromatic N) is 2. The SMILES string of the molecule is COCCN1CCN(C(C(N)=O)c2ccc(F)cc2)CC1C. The first kappa shape index (κ1) is 16.9. The zero-order valence-corrected chi connectivity index (χ0v) is 13.2. The lowest BCUT2D eigenvalue weighted by atomic mass is 10.0. The van der Waals surface area contributed by atoms with Crippen LogP contribution in [0, 0.1) is 5.82 Å². The highest BCUT2D eigenvalue weighted by atomic mass is 19.1. The third-order valence-corrected chi connectivity index (χ3v) is 4.20. The number of carbonyl (C=O) groups is 1. The number of hydrogen-bond acceptors (Lipinski definition) is 4. The number of halogens is 1. The number of hydrogen-bond donors (Lipinski definition) is 1. The van der Waals surface area contributed by atoms with Crippen LogP contribution in [0.5, 0.6) is 0 Å². The highest BCUT2D eigenvalue weighted by Gasteiger charge is 2.31. The summed E-state index contributed by atoms with van der Waals surface area (Å²) in [6, 6.07) is 5.80. The van der Waals surface area contributed by atoms with Gasteiger partial charge in [0.25, 0.3) is 0 Å². The first-order valence-electron chi connectivity index (χ1n) is 7.54. The van der Waals surface area contributed by atoms with Crippen molar-refractivity contribution in [2.75, 3.05) is 39.9 Å². The van der Waals surface area contributed by atoms with Gasteiger partial charge >= 0.3 is 0 Å². The molecule has 0 radical (unpaired) electrons. The van der Waals surface area contributed by atoms with Gasteiger partial charge in [0, 0.05) is 39.3 Å². The van der Waals surface area contributed by atoms with E-state index >= 15 is 0 Å². The van der Waals surface area contributed by atoms with Crippen molar-refractivity contribution in [1.82, 2.24) is 9.80 Å². The number of nitrogens with two attached hydrogens (primary N) is 1. The van der Waals surface area contributed by atoms with Crippen LogP contribution in [-0.4, -0.2) is 61.6 Å². The molecule has 1 fully saturated rings. The predicted molar refractivity (Wildman–Crippen MR) is 82.8 cm³/mol. The first-order chi connectivity index (χ1) is 10.5. The van der Waals surface area contributed by atoms with Crippen LogP contribution < -0.4 is 5.73 Å². The Hall–Kier alpha value is -1.50. The van der Waals surface area contributed by atoms with E-state index in [0.29, 0.717) is 12.6 Å². The molecule has 1 amide bonds. The maximum Gasteiger partial charge on any atom is 0.239 e. The molecule has 1 heterocycles. The summed E-state index contributed by atoms with van der Waals surface area (Å²) in [7, 11) is 1.69. The van der Waals surface area contributed by atoms with Crippen molar-refractivity contribution in [2.24, 2.45) is 5.73 Å². The second kappa shape index (κ2) is 7.67. The van der Waals surface area contributed by atoms with Crippen LogP contribution in [0.25, 0.3) is 0 Å². The lowest BCUT2D eigenvalue weighted by molar-refractivity contribution is -0.124. The number of piperazine rings is 1. The molecule has 0 aromatic heterocycles. The van der Waals surface area contributed by atoms with Crippen LogP contribution in [0.2, 0.25) is 0 Å². The third-order valence-electron chi connectivity index (χ3n) is 4.20. The van der Waals surface area contributed by atoms with Crippen LogP contribution in [0.15, 0.2) is 24.3 Å². The van der Waals surface area contributed by atoms with Gasteiger partial charge in [-0.1, -0.05) is 12.1 Å². The zero-order chi connectivity index (χ0) is 16.1. The van der Waals surface area contributed by atoms with E-state index in [1.54, 1.807) is 19.2 Å². The molecule has 1 aliphatic heterocycles. The van der Waals surface area contributed by atoms with Crippen molar-refractivity contribution in [1.29, 1.82) is 0 Å². The van der Waals surface area contributed by atoms with Crippen molar-refractivity contribution >= 4 is 5.91 Å². The topological polar surface area (TPSA) is 58.8 Å². The largest absolute Gasteiger partial charge is 0.383 e. The average molecular weight is 309 g/mol. The fourth-order valence-corrected chi connectivity index (χ4v) is 3.00. The predicted octanol–water partition coefficient (Wildman–Crippen LogP) is 1.00. The molecule has 2 N–H and O–H groups in total. The minimum Gasteiger partial charge on any atom is -0.383 e. The summed E-state index contributed by atoms with van der Waals surface area (Å²) in [4.78, 5) is 16.3. The number of primary amides is 1. The van der Waals surface area contributed by atoms with E-state index in [1.807, 2.05) is 0 Å². The maximum atomic E-state index is 13.1. The Kier molecular flexibility index (Phi) is 5.88. The summed E-state index contributed by atoms with van der Waals surface area (Å²) in [6.45, 7) is 6.05. The second-order valence-corrected chi connectivity index (χ2v) is 5.73. The lowest BCUT2D eigenvalue weighted by Gasteiger charge is -2.42. The second-order valence-electron chi connectivity index (χ2n) is 5.73. The van der Waals surface area contributed by atoms with E-state index in [2.05, 4.69) is 16.7 Å². The summed E-state index contributed by atoms with van der Waals surface area (Å²) < 4.78 is 18.2. The number of methoxy groups -OCH3 is 1. The highest BCUT2D eigenvalue weighted by molar-refractivity contribution is 5.81. The third kappa shape index (κ3) is 4.03. The van der Waals surface area contributed by atoms with Crippen LogP contribution in [0.4, 0.5) is 4.39 Å². The van der Waals surface area contributed by atoms with Gasteiger partial charge in [0.2, 0.25) is 5.91 Å². The van der Waals surface area contributed by atoms with E-state index in [4.69, 9.17) is 10.5 Å². The minimum atomic E-state index is -0.507. The molecule has 22 heavy (non-hydrogen) atoms. The molecule has 0 bridgehead atoms. The van der Waals surface area contributed by atoms with E-state index in [9.17, 15) is 9.18 Å². The van der Waals surface area contributed by atoms with Crippen molar-refractivity contribution in [3.05, 3.63) is 35.6 Å². The molecule has 6 heteroatoms. The van der Waals surface area contributed by atoms with Crippen molar-refractivity contribution in [3.8, 4) is 0 Å². The normalized spacial score (nSPS) is 21.7. The lowest BCUT2D eigenvalue weighted by Crippen LogP contribution is -2.55. The van der Waals surface area contributed by atoms with Crippen LogP contribution in [0.3, 0.4) is 0 Å². The molecular formula is C16H24FN3O2. The standard InChI is InChI=1S/C16H24FN3O2/c1-12-11-20(8-7-19(12)9-10-22-2)15(16(18)21)13-3-5-14(17)6-4-13/h3-6,12,15H,7-11H2,1-2H3,(H2,18,21). The van der Waals surface area contributed by atoms with Crippen molar-refractivity contribution in [2.45, 2.75) is 19.0 Å². The summed E-state index contributed by atoms with van der Waals surface area (Å²) in [5, 5.41) is 0. The molecule has 5 nitrogen and oxygen atoms in total. The highest BCUT2D eigenvalue weighted by Crippen LogP contribution is 2.24. The van der Waals surface area contributed by atoms with Crippen LogP contribution >= 0.6 is 0 Å². The molecule has 0 saturated carbocycles. The Bertz CT molecular complexity index is 495. The number of rotatable bonds is 6. The van der Waals surface area contributed by atoms with Gasteiger partial charge in [0.15, 0.2) is 0 Å². The van der Waals surface area contributed by atoms with Crippen LogP contribution in [-0.2, 0) is 9.53 Å². The number of ether oxygens (including phenoxy) is 1. The fourth-order valence-electron chi connectivity index (χ4n) is 3.00. The monoisotopic (exact) mass is 309 g/mol. The molecule has 0 aliphatic carbocycles. The Labute approximate surface area is 130 Å². The average Bonchev–Trinajstić information content (AvgIpc) is 2.48. The molecule has 1 aromatic rings. The molecule has 122 valence electrons. The Morgan fingerprint density at radius 3 is 2.64 bits per heavy atom. The van der Waals surface area contributed by atoms with Gasteiger partial charge in [-0.3, -0.25) is 14.6 Å². The molecule has 2 unspecified atom stereocenters. The summed E-state index contributed by atoms with van der Waals surface area (Å²) in [5.74, 6) is -0.714. The van der Waals surface area contributed by atoms with Gasteiger partial charge in [0.1, 0.15) is 11.9 Å². The summed E-state index contributed by atoms with van der Waals surface area (Å²) in [6.07, 6.45) is 0. The molecule has 1 aliphatic rings. The van der Waals surface area contributed by atoms with Gasteiger partial charge in [-0.25, -0.2) is 4.39 Å². The molecule has 1 saturated heterocycles. The van der Waals surface area contributed by atoms with E-state index in [0.717, 1.165) is 31.7 Å². The van der Waals surface area contributed by atoms with E-state index in [-0.39, 0.29) is 5.82 Å². The van der Waals surface area contributed by atoms with Gasteiger partial charge in [-0.05, 0) is 24.6 Å². The van der Waals surface area contributed by atoms with Gasteiger partial charge in [0.05, 0.1) is 6.61 Å². The molecule has 1 aromatic carbocycles. The van der Waals surface area contributed by atoms with Crippen molar-refractivity contribution < 1.29 is 13.9 Å². The Balaban J connectivity index is 2.08. The summed E-state index contributed by atoms with van der Waals surface area (Å²) >= 11 is 0. The molecule has 2 atom stereocenters. The number of benzene rings is 1. The maximum absolute atomic E-state index is 13.1. The van der Waals surface area contributed by atoms with Gasteiger partial charge in [-0.15, -0.1) is 0 Å². The number of carbonyl (C=O) groups excluding carboxylic acids is 1. The molecule has 2 rings (SSSR count). The van der Waals surface area contributed by atoms with E-state index < -0.39 is 11.9 Å². The smallest absolute Gasteiger partial charge is 0.239 e. The fraction of sp³-hybridized carbons (Fsp3) is 0.562. The summed E-state index contributed by atoms with van der Waals surface area (Å²) in [5.41, 5.74) is 6.33. The first-order valence-corrected chi connectivity index (χ1v) is 7.54. The quantitative estimate of drug-likeness (QED) is 0.852.